The summed E-state index contributed by atoms with van der Waals surface area (Å²) in [7, 11) is 0. The van der Waals surface area contributed by atoms with Crippen LogP contribution in [0.3, 0.4) is 0 Å². The highest BCUT2D eigenvalue weighted by Gasteiger charge is 2.10. The summed E-state index contributed by atoms with van der Waals surface area (Å²) in [6, 6.07) is 10.2. The van der Waals surface area contributed by atoms with Gasteiger partial charge in [-0.2, -0.15) is 0 Å². The summed E-state index contributed by atoms with van der Waals surface area (Å²) in [6.07, 6.45) is 0. The summed E-state index contributed by atoms with van der Waals surface area (Å²) >= 11 is 6.13. The smallest absolute Gasteiger partial charge is 0.134 e. The summed E-state index contributed by atoms with van der Waals surface area (Å²) in [6.45, 7) is 7.09. The van der Waals surface area contributed by atoms with Gasteiger partial charge < -0.3 is 9.73 Å². The van der Waals surface area contributed by atoms with Crippen LogP contribution >= 0.6 is 11.6 Å². The van der Waals surface area contributed by atoms with Crippen LogP contribution in [0.5, 0.6) is 0 Å². The summed E-state index contributed by atoms with van der Waals surface area (Å²) in [5, 5.41) is 4.10. The summed E-state index contributed by atoms with van der Waals surface area (Å²) in [4.78, 5) is 0. The lowest BCUT2D eigenvalue weighted by Crippen LogP contribution is -2.16. The molecule has 3 heteroatoms. The van der Waals surface area contributed by atoms with Crippen LogP contribution in [0, 0.1) is 6.92 Å². The summed E-state index contributed by atoms with van der Waals surface area (Å²) < 4.78 is 5.86. The minimum atomic E-state index is 0.227. The Morgan fingerprint density at radius 2 is 2.06 bits per heavy atom. The average Bonchev–Trinajstić information content (AvgIpc) is 2.82. The predicted octanol–water partition coefficient (Wildman–Crippen LogP) is 4.58. The quantitative estimate of drug-likeness (QED) is 0.874. The predicted molar refractivity (Wildman–Crippen MR) is 76.0 cm³/mol. The maximum absolute atomic E-state index is 6.13. The van der Waals surface area contributed by atoms with Crippen molar-refractivity contribution in [2.75, 3.05) is 6.54 Å². The zero-order chi connectivity index (χ0) is 13.1. The molecule has 2 aromatic rings. The minimum absolute atomic E-state index is 0.227. The highest BCUT2D eigenvalue weighted by atomic mass is 35.5. The molecule has 0 spiro atoms. The van der Waals surface area contributed by atoms with Gasteiger partial charge in [-0.15, -0.1) is 0 Å². The van der Waals surface area contributed by atoms with E-state index in [0.29, 0.717) is 0 Å². The van der Waals surface area contributed by atoms with Crippen molar-refractivity contribution in [3.63, 3.8) is 0 Å². The van der Waals surface area contributed by atoms with Crippen molar-refractivity contribution in [3.05, 3.63) is 46.7 Å². The average molecular weight is 264 g/mol. The van der Waals surface area contributed by atoms with Gasteiger partial charge in [0.25, 0.3) is 0 Å². The molecule has 0 radical (unpaired) electrons. The molecule has 1 aromatic carbocycles. The lowest BCUT2D eigenvalue weighted by molar-refractivity contribution is 0.445. The highest BCUT2D eigenvalue weighted by Crippen LogP contribution is 2.28. The second kappa shape index (κ2) is 5.59. The second-order valence-corrected chi connectivity index (χ2v) is 4.85. The molecule has 0 aliphatic heterocycles. The van der Waals surface area contributed by atoms with E-state index >= 15 is 0 Å². The monoisotopic (exact) mass is 263 g/mol. The van der Waals surface area contributed by atoms with Crippen LogP contribution in [0.25, 0.3) is 11.3 Å². The van der Waals surface area contributed by atoms with Crippen molar-refractivity contribution in [1.29, 1.82) is 0 Å². The second-order valence-electron chi connectivity index (χ2n) is 4.45. The van der Waals surface area contributed by atoms with Crippen molar-refractivity contribution in [2.24, 2.45) is 0 Å². The summed E-state index contributed by atoms with van der Waals surface area (Å²) in [5.74, 6) is 1.81. The molecule has 0 amide bonds. The van der Waals surface area contributed by atoms with Gasteiger partial charge in [-0.1, -0.05) is 30.7 Å². The topological polar surface area (TPSA) is 25.2 Å². The van der Waals surface area contributed by atoms with E-state index in [2.05, 4.69) is 19.2 Å². The fourth-order valence-electron chi connectivity index (χ4n) is 1.89. The molecule has 0 bridgehead atoms. The Bertz CT molecular complexity index is 533. The van der Waals surface area contributed by atoms with Gasteiger partial charge in [-0.3, -0.25) is 0 Å². The highest BCUT2D eigenvalue weighted by molar-refractivity contribution is 6.31. The van der Waals surface area contributed by atoms with Crippen LogP contribution in [-0.4, -0.2) is 6.54 Å². The van der Waals surface area contributed by atoms with Gasteiger partial charge >= 0.3 is 0 Å². The van der Waals surface area contributed by atoms with Gasteiger partial charge in [-0.25, -0.2) is 0 Å². The molecule has 0 aliphatic carbocycles. The molecule has 1 aromatic heterocycles. The lowest BCUT2D eigenvalue weighted by atomic mass is 10.1. The summed E-state index contributed by atoms with van der Waals surface area (Å²) in [5.41, 5.74) is 2.09. The molecule has 0 aliphatic rings. The Balaban J connectivity index is 2.26. The van der Waals surface area contributed by atoms with Crippen LogP contribution in [0.1, 0.15) is 31.2 Å². The molecule has 0 fully saturated rings. The number of benzene rings is 1. The van der Waals surface area contributed by atoms with E-state index in [1.165, 1.54) is 0 Å². The molecule has 0 saturated carbocycles. The van der Waals surface area contributed by atoms with Crippen LogP contribution in [0.15, 0.2) is 34.7 Å². The fraction of sp³-hybridized carbons (Fsp3) is 0.333. The minimum Gasteiger partial charge on any atom is -0.459 e. The molecule has 1 unspecified atom stereocenters. The molecule has 1 atom stereocenters. The number of nitrogens with one attached hydrogen (secondary N) is 1. The molecule has 1 N–H and O–H groups in total. The first-order valence-electron chi connectivity index (χ1n) is 6.21. The first-order valence-corrected chi connectivity index (χ1v) is 6.59. The van der Waals surface area contributed by atoms with Crippen LogP contribution in [0.4, 0.5) is 0 Å². The Kier molecular flexibility index (Phi) is 4.10. The first-order chi connectivity index (χ1) is 8.61. The number of furan rings is 1. The Hall–Kier alpha value is -1.25. The van der Waals surface area contributed by atoms with Gasteiger partial charge in [0.1, 0.15) is 11.5 Å². The van der Waals surface area contributed by atoms with Gasteiger partial charge in [0.05, 0.1) is 6.04 Å². The molecule has 96 valence electrons. The van der Waals surface area contributed by atoms with Gasteiger partial charge in [0.2, 0.25) is 0 Å². The standard InChI is InChI=1S/C15H18ClNO/c1-4-17-11(3)14-7-8-15(18-14)12-6-5-10(2)13(16)9-12/h5-9,11,17H,4H2,1-3H3. The Labute approximate surface area is 113 Å². The lowest BCUT2D eigenvalue weighted by Gasteiger charge is -2.08. The fourth-order valence-corrected chi connectivity index (χ4v) is 2.07. The third kappa shape index (κ3) is 2.77. The molecule has 2 nitrogen and oxygen atoms in total. The van der Waals surface area contributed by atoms with E-state index in [9.17, 15) is 0 Å². The number of halogens is 1. The zero-order valence-electron chi connectivity index (χ0n) is 11.0. The van der Waals surface area contributed by atoms with Crippen LogP contribution < -0.4 is 5.32 Å². The molecular formula is C15H18ClNO. The van der Waals surface area contributed by atoms with Crippen molar-refractivity contribution >= 4 is 11.6 Å². The Morgan fingerprint density at radius 1 is 1.28 bits per heavy atom. The zero-order valence-corrected chi connectivity index (χ0v) is 11.7. The maximum atomic E-state index is 6.13. The van der Waals surface area contributed by atoms with Crippen molar-refractivity contribution in [2.45, 2.75) is 26.8 Å². The van der Waals surface area contributed by atoms with Crippen molar-refractivity contribution in [1.82, 2.24) is 5.32 Å². The van der Waals surface area contributed by atoms with E-state index in [0.717, 1.165) is 34.2 Å². The van der Waals surface area contributed by atoms with E-state index in [1.807, 2.05) is 37.3 Å². The molecule has 18 heavy (non-hydrogen) atoms. The van der Waals surface area contributed by atoms with E-state index < -0.39 is 0 Å². The van der Waals surface area contributed by atoms with E-state index in [4.69, 9.17) is 16.0 Å². The van der Waals surface area contributed by atoms with Gasteiger partial charge in [-0.05, 0) is 44.2 Å². The number of rotatable bonds is 4. The molecule has 1 heterocycles. The number of aryl methyl sites for hydroxylation is 1. The van der Waals surface area contributed by atoms with Crippen LogP contribution in [0.2, 0.25) is 5.02 Å². The number of hydrogen-bond donors (Lipinski definition) is 1. The maximum Gasteiger partial charge on any atom is 0.134 e. The third-order valence-corrected chi connectivity index (χ3v) is 3.43. The SMILES string of the molecule is CCNC(C)c1ccc(-c2ccc(C)c(Cl)c2)o1. The first kappa shape index (κ1) is 13.2. The van der Waals surface area contributed by atoms with Crippen molar-refractivity contribution < 1.29 is 4.42 Å². The van der Waals surface area contributed by atoms with Gasteiger partial charge in [0, 0.05) is 10.6 Å². The van der Waals surface area contributed by atoms with E-state index in [1.54, 1.807) is 0 Å². The Morgan fingerprint density at radius 3 is 2.72 bits per heavy atom. The number of hydrogen-bond acceptors (Lipinski definition) is 2. The van der Waals surface area contributed by atoms with E-state index in [-0.39, 0.29) is 6.04 Å². The largest absolute Gasteiger partial charge is 0.459 e. The normalized spacial score (nSPS) is 12.7. The van der Waals surface area contributed by atoms with Crippen LogP contribution in [-0.2, 0) is 0 Å². The third-order valence-electron chi connectivity index (χ3n) is 3.02. The molecular weight excluding hydrogens is 246 g/mol. The van der Waals surface area contributed by atoms with Gasteiger partial charge in [0.15, 0.2) is 0 Å². The van der Waals surface area contributed by atoms with Crippen molar-refractivity contribution in [3.8, 4) is 11.3 Å². The molecule has 0 saturated heterocycles. The molecule has 2 rings (SSSR count).